The molecule has 0 N–H and O–H groups in total. The molecule has 1 amide bonds. The van der Waals surface area contributed by atoms with Crippen LogP contribution in [0.3, 0.4) is 0 Å². The Labute approximate surface area is 226 Å². The van der Waals surface area contributed by atoms with E-state index in [1.54, 1.807) is 53.4 Å². The van der Waals surface area contributed by atoms with E-state index in [4.69, 9.17) is 5.10 Å². The van der Waals surface area contributed by atoms with Crippen molar-refractivity contribution in [2.75, 3.05) is 6.54 Å². The van der Waals surface area contributed by atoms with Crippen LogP contribution in [-0.2, 0) is 26.1 Å². The number of fused-ring (bicyclic) bond motifs is 1. The van der Waals surface area contributed by atoms with Gasteiger partial charge in [-0.25, -0.2) is 13.5 Å². The molecule has 8 heteroatoms. The first kappa shape index (κ1) is 26.3. The Hall–Kier alpha value is -4.35. The molecule has 0 bridgehead atoms. The van der Waals surface area contributed by atoms with Crippen LogP contribution in [0.25, 0.3) is 5.69 Å². The van der Waals surface area contributed by atoms with Crippen LogP contribution in [0.2, 0.25) is 0 Å². The predicted octanol–water partition coefficient (Wildman–Crippen LogP) is 5.63. The van der Waals surface area contributed by atoms with Crippen molar-refractivity contribution in [3.8, 4) is 11.8 Å². The van der Waals surface area contributed by atoms with Crippen molar-refractivity contribution in [3.63, 3.8) is 0 Å². The van der Waals surface area contributed by atoms with Crippen molar-refractivity contribution in [2.45, 2.75) is 45.9 Å². The molecule has 4 aromatic rings. The maximum absolute atomic E-state index is 14.4. The number of amides is 1. The van der Waals surface area contributed by atoms with Crippen LogP contribution in [0.5, 0.6) is 0 Å². The van der Waals surface area contributed by atoms with Crippen molar-refractivity contribution in [2.24, 2.45) is 0 Å². The highest BCUT2D eigenvalue weighted by atomic mass is 19.1. The fourth-order valence-corrected chi connectivity index (χ4v) is 5.01. The number of hydrogen-bond donors (Lipinski definition) is 0. The van der Waals surface area contributed by atoms with Gasteiger partial charge in [-0.2, -0.15) is 10.4 Å². The number of rotatable bonds is 7. The van der Waals surface area contributed by atoms with Gasteiger partial charge >= 0.3 is 0 Å². The van der Waals surface area contributed by atoms with Gasteiger partial charge in [-0.15, -0.1) is 0 Å². The third-order valence-corrected chi connectivity index (χ3v) is 7.09. The molecule has 0 fully saturated rings. The molecular weight excluding hydrogens is 496 g/mol. The van der Waals surface area contributed by atoms with Crippen LogP contribution in [0.1, 0.15) is 52.3 Å². The first-order chi connectivity index (χ1) is 18.8. The third-order valence-electron chi connectivity index (χ3n) is 7.09. The van der Waals surface area contributed by atoms with Crippen molar-refractivity contribution in [1.29, 1.82) is 5.26 Å². The van der Waals surface area contributed by atoms with Gasteiger partial charge in [0.05, 0.1) is 35.3 Å². The summed E-state index contributed by atoms with van der Waals surface area (Å²) in [6, 6.07) is 21.6. The Balaban J connectivity index is 1.50. The normalized spacial score (nSPS) is 13.2. The Morgan fingerprint density at radius 1 is 1.08 bits per heavy atom. The van der Waals surface area contributed by atoms with Crippen LogP contribution >= 0.6 is 0 Å². The molecule has 198 valence electrons. The average molecular weight is 526 g/mol. The van der Waals surface area contributed by atoms with E-state index in [-0.39, 0.29) is 30.1 Å². The van der Waals surface area contributed by atoms with Crippen LogP contribution < -0.4 is 0 Å². The number of carbonyl (C=O) groups is 1. The van der Waals surface area contributed by atoms with E-state index >= 15 is 0 Å². The first-order valence-corrected chi connectivity index (χ1v) is 13.0. The van der Waals surface area contributed by atoms with Crippen molar-refractivity contribution in [3.05, 3.63) is 118 Å². The van der Waals surface area contributed by atoms with Crippen LogP contribution in [0, 0.1) is 23.0 Å². The lowest BCUT2D eigenvalue weighted by Crippen LogP contribution is -2.37. The van der Waals surface area contributed by atoms with E-state index in [2.05, 4.69) is 11.0 Å². The van der Waals surface area contributed by atoms with Crippen LogP contribution in [0.4, 0.5) is 8.78 Å². The molecule has 0 saturated carbocycles. The average Bonchev–Trinajstić information content (AvgIpc) is 3.30. The molecule has 0 aliphatic carbocycles. The van der Waals surface area contributed by atoms with E-state index in [9.17, 15) is 18.8 Å². The standard InChI is InChI=1S/C31H29F2N5O/c1-21(2)37(31(39)23-8-5-6-22(16-23)17-34)20-29-27-19-36(18-24-7-3-4-9-28(24)33)15-14-30(27)38(35-29)26-12-10-25(32)11-13-26/h3-13,16,21H,14-15,18-20H2,1-2H3. The summed E-state index contributed by atoms with van der Waals surface area (Å²) in [5.41, 5.74) is 4.97. The monoisotopic (exact) mass is 525 g/mol. The fraction of sp³-hybridized carbons (Fsp3) is 0.258. The summed E-state index contributed by atoms with van der Waals surface area (Å²) >= 11 is 0. The lowest BCUT2D eigenvalue weighted by atomic mass is 10.0. The van der Waals surface area contributed by atoms with Gasteiger partial charge in [0.25, 0.3) is 5.91 Å². The Morgan fingerprint density at radius 2 is 1.85 bits per heavy atom. The molecule has 0 unspecified atom stereocenters. The molecular formula is C31H29F2N5O. The van der Waals surface area contributed by atoms with E-state index < -0.39 is 0 Å². The summed E-state index contributed by atoms with van der Waals surface area (Å²) in [4.78, 5) is 17.5. The van der Waals surface area contributed by atoms with Crippen molar-refractivity contribution < 1.29 is 13.6 Å². The highest BCUT2D eigenvalue weighted by Crippen LogP contribution is 2.28. The molecule has 39 heavy (non-hydrogen) atoms. The molecule has 0 radical (unpaired) electrons. The van der Waals surface area contributed by atoms with Crippen molar-refractivity contribution >= 4 is 5.91 Å². The third kappa shape index (κ3) is 5.59. The summed E-state index contributed by atoms with van der Waals surface area (Å²) in [5, 5.41) is 14.2. The van der Waals surface area contributed by atoms with E-state index in [0.717, 1.165) is 22.6 Å². The Morgan fingerprint density at radius 3 is 2.56 bits per heavy atom. The highest BCUT2D eigenvalue weighted by molar-refractivity contribution is 5.94. The molecule has 0 saturated heterocycles. The van der Waals surface area contributed by atoms with E-state index in [1.165, 1.54) is 18.2 Å². The quantitative estimate of drug-likeness (QED) is 0.314. The van der Waals surface area contributed by atoms with Crippen LogP contribution in [0.15, 0.2) is 72.8 Å². The number of benzene rings is 3. The SMILES string of the molecule is CC(C)N(Cc1nn(-c2ccc(F)cc2)c2c1CN(Cc1ccccc1F)CC2)C(=O)c1cccc(C#N)c1. The molecule has 6 nitrogen and oxygen atoms in total. The maximum Gasteiger partial charge on any atom is 0.254 e. The summed E-state index contributed by atoms with van der Waals surface area (Å²) in [6.45, 7) is 5.87. The number of nitriles is 1. The zero-order valence-electron chi connectivity index (χ0n) is 21.9. The number of hydrogen-bond acceptors (Lipinski definition) is 4. The number of aromatic nitrogens is 2. The Kier molecular flexibility index (Phi) is 7.53. The second kappa shape index (κ2) is 11.2. The van der Waals surface area contributed by atoms with Crippen molar-refractivity contribution in [1.82, 2.24) is 19.6 Å². The van der Waals surface area contributed by atoms with Gasteiger partial charge < -0.3 is 4.90 Å². The number of carbonyl (C=O) groups excluding carboxylic acids is 1. The number of nitrogens with zero attached hydrogens (tertiary/aromatic N) is 5. The molecule has 1 aliphatic rings. The minimum absolute atomic E-state index is 0.132. The zero-order valence-corrected chi connectivity index (χ0v) is 21.9. The van der Waals surface area contributed by atoms with Crippen LogP contribution in [-0.4, -0.2) is 38.1 Å². The van der Waals surface area contributed by atoms with Gasteiger partial charge in [-0.3, -0.25) is 9.69 Å². The molecule has 0 atom stereocenters. The lowest BCUT2D eigenvalue weighted by Gasteiger charge is -2.30. The second-order valence-electron chi connectivity index (χ2n) is 10.0. The smallest absolute Gasteiger partial charge is 0.254 e. The molecule has 0 spiro atoms. The highest BCUT2D eigenvalue weighted by Gasteiger charge is 2.29. The van der Waals surface area contributed by atoms with Gasteiger partial charge in [-0.05, 0) is 62.4 Å². The summed E-state index contributed by atoms with van der Waals surface area (Å²) in [5.74, 6) is -0.750. The Bertz CT molecular complexity index is 1540. The molecule has 5 rings (SSSR count). The van der Waals surface area contributed by atoms with Gasteiger partial charge in [-0.1, -0.05) is 24.3 Å². The molecule has 1 aromatic heterocycles. The van der Waals surface area contributed by atoms with E-state index in [1.807, 2.05) is 24.6 Å². The fourth-order valence-electron chi connectivity index (χ4n) is 5.01. The summed E-state index contributed by atoms with van der Waals surface area (Å²) < 4.78 is 29.9. The summed E-state index contributed by atoms with van der Waals surface area (Å²) in [7, 11) is 0. The zero-order chi connectivity index (χ0) is 27.5. The van der Waals surface area contributed by atoms with Gasteiger partial charge in [0.1, 0.15) is 11.6 Å². The molecule has 3 aromatic carbocycles. The van der Waals surface area contributed by atoms with Gasteiger partial charge in [0, 0.05) is 48.8 Å². The molecule has 1 aliphatic heterocycles. The first-order valence-electron chi connectivity index (χ1n) is 13.0. The van der Waals surface area contributed by atoms with Gasteiger partial charge in [0.2, 0.25) is 0 Å². The van der Waals surface area contributed by atoms with E-state index in [0.29, 0.717) is 42.7 Å². The van der Waals surface area contributed by atoms with Gasteiger partial charge in [0.15, 0.2) is 0 Å². The predicted molar refractivity (Wildman–Crippen MR) is 144 cm³/mol. The minimum atomic E-state index is -0.327. The number of halogens is 2. The topological polar surface area (TPSA) is 65.2 Å². The minimum Gasteiger partial charge on any atom is -0.330 e. The maximum atomic E-state index is 14.4. The summed E-state index contributed by atoms with van der Waals surface area (Å²) in [6.07, 6.45) is 0.675. The second-order valence-corrected chi connectivity index (χ2v) is 10.0. The molecule has 2 heterocycles. The largest absolute Gasteiger partial charge is 0.330 e. The lowest BCUT2D eigenvalue weighted by molar-refractivity contribution is 0.0686.